The highest BCUT2D eigenvalue weighted by molar-refractivity contribution is 6.19. The van der Waals surface area contributed by atoms with Crippen molar-refractivity contribution in [3.63, 3.8) is 0 Å². The van der Waals surface area contributed by atoms with E-state index in [4.69, 9.17) is 4.98 Å². The van der Waals surface area contributed by atoms with Gasteiger partial charge in [-0.05, 0) is 95.4 Å². The van der Waals surface area contributed by atoms with Gasteiger partial charge in [0.25, 0.3) is 0 Å². The van der Waals surface area contributed by atoms with E-state index in [9.17, 15) is 0 Å². The summed E-state index contributed by atoms with van der Waals surface area (Å²) in [5, 5.41) is 9.88. The molecule has 0 fully saturated rings. The molecule has 0 radical (unpaired) electrons. The first-order valence-electron chi connectivity index (χ1n) is 20.9. The second-order valence-electron chi connectivity index (χ2n) is 16.0. The number of benzene rings is 9. The van der Waals surface area contributed by atoms with Crippen molar-refractivity contribution in [1.29, 1.82) is 0 Å². The lowest BCUT2D eigenvalue weighted by molar-refractivity contribution is 1.08. The van der Waals surface area contributed by atoms with Crippen LogP contribution >= 0.6 is 0 Å². The van der Waals surface area contributed by atoms with Crippen molar-refractivity contribution in [2.45, 2.75) is 0 Å². The Hall–Kier alpha value is -8.21. The Balaban J connectivity index is 0.937. The summed E-state index contributed by atoms with van der Waals surface area (Å²) in [6.07, 6.45) is 0. The van der Waals surface area contributed by atoms with E-state index in [-0.39, 0.29) is 0 Å². The molecule has 284 valence electrons. The van der Waals surface area contributed by atoms with Crippen LogP contribution in [0.15, 0.2) is 218 Å². The topological polar surface area (TPSA) is 27.7 Å². The zero-order valence-corrected chi connectivity index (χ0v) is 33.1. The van der Waals surface area contributed by atoms with E-state index in [1.54, 1.807) is 0 Å². The molecule has 0 aliphatic heterocycles. The van der Waals surface area contributed by atoms with Crippen LogP contribution in [0.2, 0.25) is 0 Å². The molecule has 0 atom stereocenters. The predicted molar refractivity (Wildman–Crippen MR) is 256 cm³/mol. The third-order valence-electron chi connectivity index (χ3n) is 12.6. The van der Waals surface area contributed by atoms with Gasteiger partial charge in [0.2, 0.25) is 0 Å². The summed E-state index contributed by atoms with van der Waals surface area (Å²) < 4.78 is 7.11. The van der Waals surface area contributed by atoms with Gasteiger partial charge in [0, 0.05) is 54.6 Å². The normalized spacial score (nSPS) is 11.9. The summed E-state index contributed by atoms with van der Waals surface area (Å²) in [5.74, 6) is 0.889. The molecule has 0 bridgehead atoms. The van der Waals surface area contributed by atoms with E-state index in [1.807, 2.05) is 0 Å². The fraction of sp³-hybridized carbons (Fsp3) is 0. The molecule has 4 heteroatoms. The van der Waals surface area contributed by atoms with Crippen molar-refractivity contribution in [1.82, 2.24) is 18.7 Å². The predicted octanol–water partition coefficient (Wildman–Crippen LogP) is 14.9. The van der Waals surface area contributed by atoms with Gasteiger partial charge in [-0.3, -0.25) is 4.57 Å². The van der Waals surface area contributed by atoms with E-state index >= 15 is 0 Å². The minimum absolute atomic E-state index is 0.889. The summed E-state index contributed by atoms with van der Waals surface area (Å²) in [6, 6.07) is 79.0. The number of aromatic nitrogens is 4. The zero-order chi connectivity index (χ0) is 40.0. The number of rotatable bonds is 5. The zero-order valence-electron chi connectivity index (χ0n) is 33.1. The molecule has 4 heterocycles. The molecule has 0 unspecified atom stereocenters. The first kappa shape index (κ1) is 33.7. The molecule has 9 aromatic carbocycles. The van der Waals surface area contributed by atoms with Gasteiger partial charge < -0.3 is 9.13 Å². The van der Waals surface area contributed by atoms with E-state index in [2.05, 4.69) is 232 Å². The van der Waals surface area contributed by atoms with Gasteiger partial charge in [0.15, 0.2) is 0 Å². The van der Waals surface area contributed by atoms with Crippen molar-refractivity contribution in [3.05, 3.63) is 218 Å². The number of para-hydroxylation sites is 4. The fourth-order valence-electron chi connectivity index (χ4n) is 9.92. The SMILES string of the molecule is c1ccc(-n2c3ccccc3c3cc(-c4ccc5c(c4)c4ccccc4n5-c4cccc(-c5cccc(-n6c7ccccc7c7ccc8ccccc8c76)c5)n4)ccc32)cc1. The first-order chi connectivity index (χ1) is 30.3. The van der Waals surface area contributed by atoms with Crippen molar-refractivity contribution < 1.29 is 0 Å². The highest BCUT2D eigenvalue weighted by atomic mass is 15.1. The maximum Gasteiger partial charge on any atom is 0.138 e. The molecule has 4 nitrogen and oxygen atoms in total. The molecule has 0 amide bonds. The minimum Gasteiger partial charge on any atom is -0.309 e. The van der Waals surface area contributed by atoms with Crippen molar-refractivity contribution in [2.75, 3.05) is 0 Å². The van der Waals surface area contributed by atoms with Crippen molar-refractivity contribution >= 4 is 76.2 Å². The molecule has 0 saturated heterocycles. The highest BCUT2D eigenvalue weighted by Crippen LogP contribution is 2.40. The van der Waals surface area contributed by atoms with Gasteiger partial charge >= 0.3 is 0 Å². The van der Waals surface area contributed by atoms with Crippen LogP contribution in [0.4, 0.5) is 0 Å². The standard InChI is InChI=1S/C57H36N4/c1-2-16-41(17-3-1)59-51-24-9-7-21-45(51)48-35-38(29-32-54(48)59)39-30-33-55-49(36-39)46-22-8-11-26-53(46)61(55)56-27-13-23-50(58-56)40-15-12-18-42(34-40)60-52-25-10-6-20-44(52)47-31-28-37-14-4-5-19-43(37)57(47)60/h1-36H. The lowest BCUT2D eigenvalue weighted by atomic mass is 10.0. The Bertz CT molecular complexity index is 3880. The fourth-order valence-corrected chi connectivity index (χ4v) is 9.92. The molecule has 61 heavy (non-hydrogen) atoms. The van der Waals surface area contributed by atoms with Gasteiger partial charge in [-0.2, -0.15) is 0 Å². The smallest absolute Gasteiger partial charge is 0.138 e. The molecule has 4 aromatic heterocycles. The maximum atomic E-state index is 5.41. The molecule has 13 rings (SSSR count). The average Bonchev–Trinajstić information content (AvgIpc) is 3.97. The number of pyridine rings is 1. The third kappa shape index (κ3) is 5.09. The van der Waals surface area contributed by atoms with Crippen LogP contribution in [0.1, 0.15) is 0 Å². The molecule has 0 spiro atoms. The molecule has 0 saturated carbocycles. The first-order valence-corrected chi connectivity index (χ1v) is 20.9. The largest absolute Gasteiger partial charge is 0.309 e. The molecule has 0 N–H and O–H groups in total. The number of nitrogens with zero attached hydrogens (tertiary/aromatic N) is 4. The quantitative estimate of drug-likeness (QED) is 0.171. The lowest BCUT2D eigenvalue weighted by Crippen LogP contribution is -1.99. The summed E-state index contributed by atoms with van der Waals surface area (Å²) in [4.78, 5) is 5.41. The van der Waals surface area contributed by atoms with Crippen LogP contribution in [0.25, 0.3) is 116 Å². The Morgan fingerprint density at radius 1 is 0.279 bits per heavy atom. The van der Waals surface area contributed by atoms with Crippen molar-refractivity contribution in [2.24, 2.45) is 0 Å². The van der Waals surface area contributed by atoms with E-state index in [0.29, 0.717) is 0 Å². The summed E-state index contributed by atoms with van der Waals surface area (Å²) in [6.45, 7) is 0. The molecule has 0 aliphatic rings. The Labute approximate surface area is 351 Å². The van der Waals surface area contributed by atoms with Crippen LogP contribution in [0.3, 0.4) is 0 Å². The minimum atomic E-state index is 0.889. The monoisotopic (exact) mass is 776 g/mol. The highest BCUT2D eigenvalue weighted by Gasteiger charge is 2.18. The summed E-state index contributed by atoms with van der Waals surface area (Å²) in [5.41, 5.74) is 13.7. The van der Waals surface area contributed by atoms with Gasteiger partial charge in [0.1, 0.15) is 5.82 Å². The van der Waals surface area contributed by atoms with Crippen LogP contribution in [-0.4, -0.2) is 18.7 Å². The van der Waals surface area contributed by atoms with E-state index in [1.165, 1.54) is 76.3 Å². The average molecular weight is 777 g/mol. The molecular weight excluding hydrogens is 741 g/mol. The van der Waals surface area contributed by atoms with E-state index < -0.39 is 0 Å². The molecule has 0 aliphatic carbocycles. The van der Waals surface area contributed by atoms with Gasteiger partial charge in [-0.25, -0.2) is 4.98 Å². The van der Waals surface area contributed by atoms with E-state index in [0.717, 1.165) is 39.5 Å². The van der Waals surface area contributed by atoms with Gasteiger partial charge in [0.05, 0.1) is 38.8 Å². The maximum absolute atomic E-state index is 5.41. The Morgan fingerprint density at radius 3 is 1.54 bits per heavy atom. The number of hydrogen-bond acceptors (Lipinski definition) is 1. The molecular formula is C57H36N4. The lowest BCUT2D eigenvalue weighted by Gasteiger charge is -2.13. The third-order valence-corrected chi connectivity index (χ3v) is 12.6. The summed E-state index contributed by atoms with van der Waals surface area (Å²) >= 11 is 0. The van der Waals surface area contributed by atoms with Crippen LogP contribution in [0, 0.1) is 0 Å². The second-order valence-corrected chi connectivity index (χ2v) is 16.0. The van der Waals surface area contributed by atoms with Gasteiger partial charge in [-0.15, -0.1) is 0 Å². The number of fused-ring (bicyclic) bond motifs is 11. The van der Waals surface area contributed by atoms with Crippen molar-refractivity contribution in [3.8, 4) is 39.6 Å². The van der Waals surface area contributed by atoms with Crippen LogP contribution in [0.5, 0.6) is 0 Å². The Morgan fingerprint density at radius 2 is 0.820 bits per heavy atom. The molecule has 13 aromatic rings. The second kappa shape index (κ2) is 13.2. The Kier molecular flexibility index (Phi) is 7.27. The van der Waals surface area contributed by atoms with Gasteiger partial charge in [-0.1, -0.05) is 140 Å². The van der Waals surface area contributed by atoms with Crippen LogP contribution < -0.4 is 0 Å². The summed E-state index contributed by atoms with van der Waals surface area (Å²) in [7, 11) is 0. The van der Waals surface area contributed by atoms with Crippen LogP contribution in [-0.2, 0) is 0 Å². The number of hydrogen-bond donors (Lipinski definition) is 0.